The Morgan fingerprint density at radius 3 is 2.14 bits per heavy atom. The van der Waals surface area contributed by atoms with Gasteiger partial charge < -0.3 is 4.74 Å². The van der Waals surface area contributed by atoms with E-state index < -0.39 is 60.4 Å². The van der Waals surface area contributed by atoms with Crippen molar-refractivity contribution in [3.63, 3.8) is 0 Å². The van der Waals surface area contributed by atoms with E-state index in [2.05, 4.69) is 17.4 Å². The Bertz CT molecular complexity index is 3040. The van der Waals surface area contributed by atoms with Crippen molar-refractivity contribution in [2.75, 3.05) is 0 Å². The van der Waals surface area contributed by atoms with E-state index >= 15 is 0 Å². The van der Waals surface area contributed by atoms with Crippen LogP contribution in [0.15, 0.2) is 175 Å². The van der Waals surface area contributed by atoms with Crippen LogP contribution in [0.1, 0.15) is 13.7 Å². The number of hydrogen-bond donors (Lipinski definition) is 0. The van der Waals surface area contributed by atoms with E-state index in [1.54, 1.807) is 44.9 Å². The molecule has 9 aromatic rings. The second kappa shape index (κ2) is 12.4. The molecule has 0 atom stereocenters. The quantitative estimate of drug-likeness (QED) is 0.126. The van der Waals surface area contributed by atoms with Gasteiger partial charge in [-0.15, -0.1) is 11.3 Å². The van der Waals surface area contributed by atoms with Crippen LogP contribution >= 0.6 is 11.3 Å². The molecule has 0 fully saturated rings. The van der Waals surface area contributed by atoms with Crippen LogP contribution in [0.25, 0.3) is 66.0 Å². The standard InChI is InChI=1S/C44H29N3OS/c1-3-12-31(13-4-1)37-20-11-21-38(32-14-5-2-6-15-32)44(37)47-30-46(40-22-7-8-23-41(40)47)34-17-10-19-36(29-34)48-35-18-9-16-33(28-35)43-39-25-27-49-42(39)24-26-45-43/h1-29H/i1D,2D,3D,4D,5D,6D,12D,13D,14D,15D. The lowest BCUT2D eigenvalue weighted by Crippen LogP contribution is -2.31. The average Bonchev–Trinajstić information content (AvgIpc) is 3.90. The molecule has 232 valence electrons. The minimum atomic E-state index is -0.562. The SMILES string of the molecule is [2H]c1c([2H])c([2H])c(-c2cccc(-c3c([2H])c([2H])c([2H])c([2H])c3[2H])c2-[n+]2[c-]n(-c3cccc(Oc4cccc(-c5nccc6sccc56)c4)c3)c3ccccc32)c([2H])c1[2H]. The number of fused-ring (bicyclic) bond motifs is 2. The zero-order chi connectivity index (χ0) is 41.3. The van der Waals surface area contributed by atoms with Crippen molar-refractivity contribution in [2.24, 2.45) is 0 Å². The van der Waals surface area contributed by atoms with E-state index in [0.717, 1.165) is 21.3 Å². The molecule has 5 heteroatoms. The minimum absolute atomic E-state index is 0.124. The summed E-state index contributed by atoms with van der Waals surface area (Å²) >= 11 is 1.65. The van der Waals surface area contributed by atoms with Crippen LogP contribution < -0.4 is 9.30 Å². The average molecular weight is 658 g/mol. The monoisotopic (exact) mass is 657 g/mol. The third-order valence-electron chi connectivity index (χ3n) is 8.16. The first-order valence-electron chi connectivity index (χ1n) is 20.4. The van der Waals surface area contributed by atoms with Gasteiger partial charge in [0.2, 0.25) is 0 Å². The lowest BCUT2D eigenvalue weighted by Gasteiger charge is -2.17. The number of rotatable bonds is 7. The van der Waals surface area contributed by atoms with E-state index in [-0.39, 0.29) is 27.9 Å². The van der Waals surface area contributed by atoms with E-state index in [0.29, 0.717) is 28.2 Å². The van der Waals surface area contributed by atoms with Crippen molar-refractivity contribution in [1.82, 2.24) is 9.55 Å². The Morgan fingerprint density at radius 2 is 1.37 bits per heavy atom. The zero-order valence-corrected chi connectivity index (χ0v) is 26.4. The summed E-state index contributed by atoms with van der Waals surface area (Å²) in [5.74, 6) is 1.12. The second-order valence-electron chi connectivity index (χ2n) is 11.1. The van der Waals surface area contributed by atoms with Crippen molar-refractivity contribution in [2.45, 2.75) is 0 Å². The van der Waals surface area contributed by atoms with Crippen LogP contribution in [0.4, 0.5) is 0 Å². The summed E-state index contributed by atoms with van der Waals surface area (Å²) in [5, 5.41) is 3.10. The van der Waals surface area contributed by atoms with Gasteiger partial charge in [-0.05, 0) is 70.1 Å². The maximum absolute atomic E-state index is 8.92. The molecule has 0 spiro atoms. The molecule has 0 bridgehead atoms. The van der Waals surface area contributed by atoms with Crippen molar-refractivity contribution in [3.8, 4) is 56.4 Å². The summed E-state index contributed by atoms with van der Waals surface area (Å²) in [7, 11) is 0. The molecule has 49 heavy (non-hydrogen) atoms. The number of ether oxygens (including phenoxy) is 1. The fourth-order valence-electron chi connectivity index (χ4n) is 6.03. The van der Waals surface area contributed by atoms with Crippen molar-refractivity contribution < 1.29 is 23.0 Å². The molecule has 3 heterocycles. The Balaban J connectivity index is 1.24. The molecule has 9 rings (SSSR count). The number of hydrogen-bond acceptors (Lipinski definition) is 3. The summed E-state index contributed by atoms with van der Waals surface area (Å²) in [5.41, 5.74) is 3.90. The Labute approximate surface area is 302 Å². The maximum atomic E-state index is 8.92. The van der Waals surface area contributed by atoms with Crippen molar-refractivity contribution in [1.29, 1.82) is 0 Å². The third-order valence-corrected chi connectivity index (χ3v) is 9.04. The highest BCUT2D eigenvalue weighted by atomic mass is 32.1. The van der Waals surface area contributed by atoms with Gasteiger partial charge in [-0.3, -0.25) is 14.1 Å². The number of benzene rings is 6. The van der Waals surface area contributed by atoms with Crippen LogP contribution in [0.5, 0.6) is 11.5 Å². The van der Waals surface area contributed by atoms with E-state index in [4.69, 9.17) is 18.4 Å². The highest BCUT2D eigenvalue weighted by molar-refractivity contribution is 7.17. The smallest absolute Gasteiger partial charge is 0.269 e. The summed E-state index contributed by atoms with van der Waals surface area (Å²) in [6.07, 6.45) is 5.20. The van der Waals surface area contributed by atoms with Gasteiger partial charge in [-0.2, -0.15) is 0 Å². The van der Waals surface area contributed by atoms with Gasteiger partial charge in [0.1, 0.15) is 11.5 Å². The molecule has 0 saturated carbocycles. The molecule has 0 aliphatic heterocycles. The number of aromatic nitrogens is 3. The first kappa shape index (κ1) is 20.2. The summed E-state index contributed by atoms with van der Waals surface area (Å²) < 4.78 is 97.1. The fourth-order valence-corrected chi connectivity index (χ4v) is 6.81. The molecule has 4 nitrogen and oxygen atoms in total. The molecule has 0 unspecified atom stereocenters. The van der Waals surface area contributed by atoms with Gasteiger partial charge >= 0.3 is 0 Å². The normalized spacial score (nSPS) is 14.1. The Hall–Kier alpha value is -6.30. The highest BCUT2D eigenvalue weighted by Crippen LogP contribution is 2.36. The van der Waals surface area contributed by atoms with Crippen LogP contribution in [-0.2, 0) is 0 Å². The summed E-state index contributed by atoms with van der Waals surface area (Å²) in [6.45, 7) is 0. The highest BCUT2D eigenvalue weighted by Gasteiger charge is 2.19. The predicted molar refractivity (Wildman–Crippen MR) is 200 cm³/mol. The van der Waals surface area contributed by atoms with Gasteiger partial charge in [0, 0.05) is 21.8 Å². The predicted octanol–water partition coefficient (Wildman–Crippen LogP) is 11.1. The van der Waals surface area contributed by atoms with Gasteiger partial charge in [0.25, 0.3) is 6.33 Å². The molecule has 0 amide bonds. The number of nitrogens with zero attached hydrogens (tertiary/aromatic N) is 3. The molecular formula is C44H29N3OS. The second-order valence-corrected chi connectivity index (χ2v) is 12.0. The molecule has 0 N–H and O–H groups in total. The number of imidazole rings is 1. The first-order chi connectivity index (χ1) is 28.4. The topological polar surface area (TPSA) is 30.9 Å². The molecule has 0 aliphatic carbocycles. The van der Waals surface area contributed by atoms with E-state index in [1.807, 2.05) is 84.2 Å². The van der Waals surface area contributed by atoms with Crippen molar-refractivity contribution in [3.05, 3.63) is 181 Å². The lowest BCUT2D eigenvalue weighted by atomic mass is 9.95. The molecular weight excluding hydrogens is 619 g/mol. The molecule has 3 aromatic heterocycles. The largest absolute Gasteiger partial charge is 0.458 e. The van der Waals surface area contributed by atoms with Gasteiger partial charge in [-0.25, -0.2) is 0 Å². The van der Waals surface area contributed by atoms with Crippen LogP contribution in [-0.4, -0.2) is 9.55 Å². The van der Waals surface area contributed by atoms with Gasteiger partial charge in [0.05, 0.1) is 41.8 Å². The maximum Gasteiger partial charge on any atom is 0.269 e. The summed E-state index contributed by atoms with van der Waals surface area (Å²) in [6, 6.07) is 26.1. The summed E-state index contributed by atoms with van der Waals surface area (Å²) in [4.78, 5) is 4.65. The molecule has 0 saturated heterocycles. The van der Waals surface area contributed by atoms with Crippen LogP contribution in [0.3, 0.4) is 0 Å². The van der Waals surface area contributed by atoms with Crippen molar-refractivity contribution >= 4 is 32.5 Å². The lowest BCUT2D eigenvalue weighted by molar-refractivity contribution is -0.571. The van der Waals surface area contributed by atoms with Gasteiger partial charge in [-0.1, -0.05) is 121 Å². The van der Waals surface area contributed by atoms with E-state index in [1.165, 1.54) is 0 Å². The van der Waals surface area contributed by atoms with Crippen LogP contribution in [0, 0.1) is 6.33 Å². The van der Waals surface area contributed by atoms with Gasteiger partial charge in [0.15, 0.2) is 0 Å². The number of pyridine rings is 1. The minimum Gasteiger partial charge on any atom is -0.458 e. The zero-order valence-electron chi connectivity index (χ0n) is 35.6. The molecule has 0 aliphatic rings. The Kier molecular flexibility index (Phi) is 5.09. The first-order valence-corrected chi connectivity index (χ1v) is 16.3. The van der Waals surface area contributed by atoms with Crippen LogP contribution in [0.2, 0.25) is 0 Å². The number of thiophene rings is 1. The fraction of sp³-hybridized carbons (Fsp3) is 0. The number of para-hydroxylation sites is 3. The Morgan fingerprint density at radius 1 is 0.673 bits per heavy atom. The molecule has 0 radical (unpaired) electrons. The molecule has 6 aromatic carbocycles. The van der Waals surface area contributed by atoms with E-state index in [9.17, 15) is 0 Å². The third kappa shape index (κ3) is 5.36.